The molecular weight excluding hydrogens is 615 g/mol. The highest BCUT2D eigenvalue weighted by Crippen LogP contribution is 2.53. The number of benzene rings is 1. The van der Waals surface area contributed by atoms with Crippen LogP contribution < -0.4 is 4.18 Å². The maximum Gasteiger partial charge on any atom is 0.135 e. The Labute approximate surface area is 299 Å². The van der Waals surface area contributed by atoms with Crippen LogP contribution in [0.1, 0.15) is 125 Å². The molecule has 2 aliphatic heterocycles. The van der Waals surface area contributed by atoms with Gasteiger partial charge in [0.1, 0.15) is 5.75 Å². The van der Waals surface area contributed by atoms with Crippen LogP contribution in [0, 0.1) is 31.1 Å². The maximum atomic E-state index is 6.52. The molecule has 3 atom stereocenters. The minimum Gasteiger partial charge on any atom is -0.449 e. The van der Waals surface area contributed by atoms with E-state index in [1.807, 2.05) is 26.3 Å². The van der Waals surface area contributed by atoms with E-state index in [9.17, 15) is 0 Å². The Morgan fingerprint density at radius 1 is 1.04 bits per heavy atom. The summed E-state index contributed by atoms with van der Waals surface area (Å²) in [5.74, 6) is 4.52. The highest BCUT2D eigenvalue weighted by atomic mass is 32.3. The number of terminal acetylenes is 1. The highest BCUT2D eigenvalue weighted by molar-refractivity contribution is 8.30. The summed E-state index contributed by atoms with van der Waals surface area (Å²) in [5.41, 5.74) is 4.53. The normalized spacial score (nSPS) is 17.8. The fourth-order valence-electron chi connectivity index (χ4n) is 4.50. The molecule has 276 valence electrons. The second-order valence-electron chi connectivity index (χ2n) is 14.3. The summed E-state index contributed by atoms with van der Waals surface area (Å²) in [6.45, 7) is 29.3. The number of aliphatic imine (C=N–C) groups is 1. The van der Waals surface area contributed by atoms with E-state index >= 15 is 0 Å². The molecule has 6 heteroatoms. The summed E-state index contributed by atoms with van der Waals surface area (Å²) in [7, 11) is -1.30. The molecule has 0 spiro atoms. The molecule has 1 aromatic carbocycles. The lowest BCUT2D eigenvalue weighted by molar-refractivity contribution is 0.0285. The molecule has 3 rings (SSSR count). The van der Waals surface area contributed by atoms with Crippen molar-refractivity contribution >= 4 is 16.5 Å². The van der Waals surface area contributed by atoms with E-state index in [4.69, 9.17) is 24.8 Å². The van der Waals surface area contributed by atoms with Crippen molar-refractivity contribution in [1.82, 2.24) is 0 Å². The van der Waals surface area contributed by atoms with Crippen molar-refractivity contribution in [2.24, 2.45) is 16.8 Å². The van der Waals surface area contributed by atoms with Gasteiger partial charge in [-0.2, -0.15) is 0 Å². The summed E-state index contributed by atoms with van der Waals surface area (Å²) >= 11 is 0. The molecule has 2 heterocycles. The maximum absolute atomic E-state index is 6.52. The van der Waals surface area contributed by atoms with Gasteiger partial charge in [-0.05, 0) is 113 Å². The zero-order valence-corrected chi connectivity index (χ0v) is 34.2. The lowest BCUT2D eigenvalue weighted by Gasteiger charge is -2.43. The molecule has 48 heavy (non-hydrogen) atoms. The predicted octanol–water partition coefficient (Wildman–Crippen LogP) is 11.5. The Morgan fingerprint density at radius 2 is 1.67 bits per heavy atom. The summed E-state index contributed by atoms with van der Waals surface area (Å²) in [5, 5.41) is 0. The first kappa shape index (κ1) is 46.0. The molecule has 5 nitrogen and oxygen atoms in total. The van der Waals surface area contributed by atoms with Crippen LogP contribution in [0.25, 0.3) is 0 Å². The van der Waals surface area contributed by atoms with E-state index in [0.29, 0.717) is 31.8 Å². The number of aryl methyl sites for hydroxylation is 1. The van der Waals surface area contributed by atoms with Gasteiger partial charge in [-0.3, -0.25) is 4.99 Å². The minimum absolute atomic E-state index is 0.0730. The first-order valence-electron chi connectivity index (χ1n) is 18.3. The third kappa shape index (κ3) is 18.1. The predicted molar refractivity (Wildman–Crippen MR) is 214 cm³/mol. The Bertz CT molecular complexity index is 1130. The van der Waals surface area contributed by atoms with Gasteiger partial charge >= 0.3 is 0 Å². The van der Waals surface area contributed by atoms with Gasteiger partial charge in [-0.25, -0.2) is 0 Å². The molecular formula is C42H73NO4S. The Kier molecular flexibility index (Phi) is 23.9. The first-order valence-corrected chi connectivity index (χ1v) is 20.7. The van der Waals surface area contributed by atoms with Gasteiger partial charge in [-0.1, -0.05) is 83.3 Å². The standard InChI is InChI=1S/C31H47NO3S.C6H12O.C3H8.C2H6/c1-11-29(30-18-28(15-12-24(30)4)35-36(9,10)31(6,7)8)27-14-13-26(19-32-20-27)25(5)22-34-17-16-33-21-23(2)3;1-6-4-2-3-5-7-6;1-3-2;1-2/h1,12,14-15,18-20,23,25,29H,13,16-17,21-22H2,2-10H3;6H,2-5H2,1H3;3H2,1-2H3;1-2H3/t25-,29?;;;/m0.../s1. The van der Waals surface area contributed by atoms with Crippen LogP contribution in [0.4, 0.5) is 0 Å². The molecule has 0 saturated carbocycles. The van der Waals surface area contributed by atoms with Crippen molar-refractivity contribution in [3.05, 3.63) is 52.7 Å². The van der Waals surface area contributed by atoms with E-state index in [-0.39, 0.29) is 16.6 Å². The van der Waals surface area contributed by atoms with E-state index in [0.717, 1.165) is 42.1 Å². The van der Waals surface area contributed by atoms with E-state index in [1.54, 1.807) is 0 Å². The molecule has 0 aliphatic carbocycles. The lowest BCUT2D eigenvalue weighted by atomic mass is 9.88. The van der Waals surface area contributed by atoms with Crippen LogP contribution in [-0.2, 0) is 14.2 Å². The average Bonchev–Trinajstić information content (AvgIpc) is 3.28. The molecule has 2 aliphatic rings. The van der Waals surface area contributed by atoms with Crippen LogP contribution in [-0.4, -0.2) is 62.6 Å². The van der Waals surface area contributed by atoms with Gasteiger partial charge in [0.2, 0.25) is 0 Å². The number of allylic oxidation sites excluding steroid dienone is 2. The quantitative estimate of drug-likeness (QED) is 0.162. The van der Waals surface area contributed by atoms with Gasteiger partial charge in [0.05, 0.1) is 31.8 Å². The molecule has 0 bridgehead atoms. The van der Waals surface area contributed by atoms with Crippen molar-refractivity contribution in [1.29, 1.82) is 0 Å². The van der Waals surface area contributed by atoms with Crippen molar-refractivity contribution in [2.45, 2.75) is 132 Å². The third-order valence-electron chi connectivity index (χ3n) is 8.11. The second-order valence-corrected chi connectivity index (χ2v) is 18.1. The molecule has 0 aromatic heterocycles. The summed E-state index contributed by atoms with van der Waals surface area (Å²) < 4.78 is 23.3. The van der Waals surface area contributed by atoms with Crippen molar-refractivity contribution in [3.63, 3.8) is 0 Å². The number of rotatable bonds is 12. The largest absolute Gasteiger partial charge is 0.449 e. The number of hydrogen-bond acceptors (Lipinski definition) is 5. The molecule has 0 amide bonds. The third-order valence-corrected chi connectivity index (χ3v) is 11.7. The van der Waals surface area contributed by atoms with Gasteiger partial charge in [0.25, 0.3) is 0 Å². The van der Waals surface area contributed by atoms with Crippen molar-refractivity contribution < 1.29 is 18.4 Å². The fraction of sp³-hybridized carbons (Fsp3) is 0.690. The highest BCUT2D eigenvalue weighted by Gasteiger charge is 2.30. The second kappa shape index (κ2) is 25.0. The zero-order valence-electron chi connectivity index (χ0n) is 33.4. The topological polar surface area (TPSA) is 49.3 Å². The summed E-state index contributed by atoms with van der Waals surface area (Å²) in [6, 6.07) is 6.28. The summed E-state index contributed by atoms with van der Waals surface area (Å²) in [6.07, 6.45) is 23.1. The SMILES string of the molecule is C#CC(C1=CCC([C@@H](C)COCCOCC(C)C)=CN=C1)c1cc(OS(C)(C)C(C)(C)C)ccc1C.CC.CC1CCCCO1.CCC. The van der Waals surface area contributed by atoms with Gasteiger partial charge in [0, 0.05) is 36.3 Å². The Morgan fingerprint density at radius 3 is 2.17 bits per heavy atom. The molecule has 1 fully saturated rings. The molecule has 0 N–H and O–H groups in total. The summed E-state index contributed by atoms with van der Waals surface area (Å²) in [4.78, 5) is 4.61. The molecule has 1 aromatic rings. The number of hydrogen-bond donors (Lipinski definition) is 0. The van der Waals surface area contributed by atoms with Gasteiger partial charge in [-0.15, -0.1) is 6.42 Å². The molecule has 2 unspecified atom stereocenters. The van der Waals surface area contributed by atoms with Gasteiger partial charge in [0.15, 0.2) is 0 Å². The monoisotopic (exact) mass is 688 g/mol. The smallest absolute Gasteiger partial charge is 0.135 e. The molecule has 1 saturated heterocycles. The minimum atomic E-state index is -1.30. The van der Waals surface area contributed by atoms with E-state index in [1.165, 1.54) is 31.3 Å². The van der Waals surface area contributed by atoms with Crippen molar-refractivity contribution in [2.75, 3.05) is 45.5 Å². The van der Waals surface area contributed by atoms with Crippen LogP contribution >= 0.6 is 10.3 Å². The van der Waals surface area contributed by atoms with Gasteiger partial charge < -0.3 is 18.4 Å². The van der Waals surface area contributed by atoms with E-state index < -0.39 is 10.3 Å². The average molecular weight is 688 g/mol. The van der Waals surface area contributed by atoms with Crippen LogP contribution in [0.3, 0.4) is 0 Å². The Hall–Kier alpha value is -2.04. The van der Waals surface area contributed by atoms with Crippen LogP contribution in [0.2, 0.25) is 0 Å². The van der Waals surface area contributed by atoms with Crippen LogP contribution in [0.15, 0.2) is 46.6 Å². The number of nitrogens with zero attached hydrogens (tertiary/aromatic N) is 1. The zero-order chi connectivity index (χ0) is 36.8. The van der Waals surface area contributed by atoms with Crippen LogP contribution in [0.5, 0.6) is 5.75 Å². The van der Waals surface area contributed by atoms with Crippen molar-refractivity contribution in [3.8, 4) is 18.1 Å². The lowest BCUT2D eigenvalue weighted by Crippen LogP contribution is -2.27. The first-order chi connectivity index (χ1) is 22.7. The van der Waals surface area contributed by atoms with E-state index in [2.05, 4.69) is 117 Å². The molecule has 0 radical (unpaired) electrons. The Balaban J connectivity index is 0.00000156. The fourth-order valence-corrected chi connectivity index (χ4v) is 5.33. The number of ether oxygens (including phenoxy) is 3.